The number of amides is 1. The average molecular weight is 262 g/mol. The molecule has 0 aliphatic carbocycles. The standard InChI is InChI=1S/C16H26N2O/c1-11-8-12-4-2-6-15-17(12)14(9-11)10-13-5-3-7-16(19)18(13)15/h11-15H,2-10H2,1H3/t11-,12+,13+,14-,15+/m1/s1. The number of fused-ring (bicyclic) bond motifs is 2. The zero-order chi connectivity index (χ0) is 13.0. The summed E-state index contributed by atoms with van der Waals surface area (Å²) in [5, 5.41) is 0. The van der Waals surface area contributed by atoms with Crippen LogP contribution in [0.15, 0.2) is 0 Å². The normalized spacial score (nSPS) is 46.7. The third-order valence-electron chi connectivity index (χ3n) is 6.01. The van der Waals surface area contributed by atoms with Gasteiger partial charge in [0.15, 0.2) is 0 Å². The first-order valence-corrected chi connectivity index (χ1v) is 8.32. The summed E-state index contributed by atoms with van der Waals surface area (Å²) < 4.78 is 0. The lowest BCUT2D eigenvalue weighted by Gasteiger charge is -2.60. The van der Waals surface area contributed by atoms with Crippen LogP contribution in [0.1, 0.15) is 64.7 Å². The SMILES string of the molecule is C[C@H]1C[C@@H]2C[C@@H]3CCCC(=O)N3[C@H]3CCC[C@@H](C1)N23. The molecule has 3 nitrogen and oxygen atoms in total. The van der Waals surface area contributed by atoms with Gasteiger partial charge < -0.3 is 4.90 Å². The predicted molar refractivity (Wildman–Crippen MR) is 74.6 cm³/mol. The van der Waals surface area contributed by atoms with Crippen molar-refractivity contribution in [3.05, 3.63) is 0 Å². The molecule has 0 bridgehead atoms. The minimum absolute atomic E-state index is 0.443. The van der Waals surface area contributed by atoms with Gasteiger partial charge in [-0.25, -0.2) is 0 Å². The van der Waals surface area contributed by atoms with Crippen molar-refractivity contribution in [2.45, 2.75) is 89.0 Å². The van der Waals surface area contributed by atoms with E-state index in [2.05, 4.69) is 16.7 Å². The number of carbonyl (C=O) groups is 1. The molecule has 0 aromatic rings. The molecule has 4 rings (SSSR count). The average Bonchev–Trinajstić information content (AvgIpc) is 2.38. The lowest BCUT2D eigenvalue weighted by atomic mass is 9.76. The van der Waals surface area contributed by atoms with Gasteiger partial charge >= 0.3 is 0 Å². The van der Waals surface area contributed by atoms with Gasteiger partial charge in [-0.05, 0) is 57.3 Å². The lowest BCUT2D eigenvalue weighted by Crippen LogP contribution is -2.69. The fourth-order valence-corrected chi connectivity index (χ4v) is 5.42. The van der Waals surface area contributed by atoms with Crippen LogP contribution in [0.5, 0.6) is 0 Å². The molecular formula is C16H26N2O. The van der Waals surface area contributed by atoms with E-state index in [9.17, 15) is 4.79 Å². The van der Waals surface area contributed by atoms with Crippen LogP contribution in [-0.2, 0) is 4.79 Å². The molecule has 5 atom stereocenters. The molecule has 0 saturated carbocycles. The van der Waals surface area contributed by atoms with Crippen molar-refractivity contribution in [3.63, 3.8) is 0 Å². The highest BCUT2D eigenvalue weighted by molar-refractivity contribution is 5.77. The molecule has 4 fully saturated rings. The summed E-state index contributed by atoms with van der Waals surface area (Å²) in [7, 11) is 0. The summed E-state index contributed by atoms with van der Waals surface area (Å²) in [5.41, 5.74) is 0. The van der Waals surface area contributed by atoms with Crippen molar-refractivity contribution in [1.82, 2.24) is 9.80 Å². The molecule has 4 heterocycles. The van der Waals surface area contributed by atoms with Crippen LogP contribution in [0.4, 0.5) is 0 Å². The van der Waals surface area contributed by atoms with Gasteiger partial charge in [0.05, 0.1) is 6.17 Å². The predicted octanol–water partition coefficient (Wildman–Crippen LogP) is 2.75. The molecule has 0 aromatic carbocycles. The van der Waals surface area contributed by atoms with Gasteiger partial charge in [-0.3, -0.25) is 9.69 Å². The van der Waals surface area contributed by atoms with Gasteiger partial charge in [-0.15, -0.1) is 0 Å². The molecule has 0 radical (unpaired) electrons. The van der Waals surface area contributed by atoms with E-state index in [4.69, 9.17) is 0 Å². The topological polar surface area (TPSA) is 23.6 Å². The molecule has 4 aliphatic rings. The quantitative estimate of drug-likeness (QED) is 0.670. The molecule has 0 spiro atoms. The van der Waals surface area contributed by atoms with Gasteiger partial charge in [0.25, 0.3) is 0 Å². The van der Waals surface area contributed by atoms with Crippen LogP contribution >= 0.6 is 0 Å². The summed E-state index contributed by atoms with van der Waals surface area (Å²) in [5.74, 6) is 1.33. The second kappa shape index (κ2) is 4.47. The molecule has 0 N–H and O–H groups in total. The summed E-state index contributed by atoms with van der Waals surface area (Å²) in [4.78, 5) is 17.4. The minimum atomic E-state index is 0.443. The lowest BCUT2D eigenvalue weighted by molar-refractivity contribution is -0.171. The number of hydrogen-bond donors (Lipinski definition) is 0. The Morgan fingerprint density at radius 2 is 1.74 bits per heavy atom. The number of carbonyl (C=O) groups excluding carboxylic acids is 1. The highest BCUT2D eigenvalue weighted by Crippen LogP contribution is 2.44. The van der Waals surface area contributed by atoms with Crippen LogP contribution in [0.25, 0.3) is 0 Å². The Kier molecular flexibility index (Phi) is 2.87. The number of piperidine rings is 3. The zero-order valence-electron chi connectivity index (χ0n) is 12.1. The maximum Gasteiger partial charge on any atom is 0.224 e. The van der Waals surface area contributed by atoms with Crippen molar-refractivity contribution in [1.29, 1.82) is 0 Å². The molecule has 4 aliphatic heterocycles. The van der Waals surface area contributed by atoms with Crippen LogP contribution in [0.2, 0.25) is 0 Å². The molecule has 1 amide bonds. The molecule has 19 heavy (non-hydrogen) atoms. The zero-order valence-corrected chi connectivity index (χ0v) is 12.1. The maximum absolute atomic E-state index is 12.4. The Labute approximate surface area is 116 Å². The molecule has 4 saturated heterocycles. The van der Waals surface area contributed by atoms with E-state index >= 15 is 0 Å². The largest absolute Gasteiger partial charge is 0.324 e. The van der Waals surface area contributed by atoms with Gasteiger partial charge in [-0.2, -0.15) is 0 Å². The van der Waals surface area contributed by atoms with E-state index in [1.54, 1.807) is 0 Å². The van der Waals surface area contributed by atoms with Crippen LogP contribution in [0, 0.1) is 5.92 Å². The Hall–Kier alpha value is -0.570. The Morgan fingerprint density at radius 1 is 0.947 bits per heavy atom. The number of nitrogens with zero attached hydrogens (tertiary/aromatic N) is 2. The van der Waals surface area contributed by atoms with Crippen LogP contribution in [-0.4, -0.2) is 40.0 Å². The second-order valence-electron chi connectivity index (χ2n) is 7.33. The van der Waals surface area contributed by atoms with E-state index in [0.717, 1.165) is 30.8 Å². The molecular weight excluding hydrogens is 236 g/mol. The van der Waals surface area contributed by atoms with Crippen molar-refractivity contribution in [3.8, 4) is 0 Å². The van der Waals surface area contributed by atoms with E-state index in [-0.39, 0.29) is 0 Å². The van der Waals surface area contributed by atoms with Crippen molar-refractivity contribution < 1.29 is 4.79 Å². The van der Waals surface area contributed by atoms with Gasteiger partial charge in [0.1, 0.15) is 0 Å². The first-order valence-electron chi connectivity index (χ1n) is 8.32. The van der Waals surface area contributed by atoms with E-state index < -0.39 is 0 Å². The monoisotopic (exact) mass is 262 g/mol. The van der Waals surface area contributed by atoms with Gasteiger partial charge in [-0.1, -0.05) is 6.92 Å². The maximum atomic E-state index is 12.4. The van der Waals surface area contributed by atoms with E-state index in [1.807, 2.05) is 0 Å². The highest BCUT2D eigenvalue weighted by Gasteiger charge is 2.50. The molecule has 106 valence electrons. The summed E-state index contributed by atoms with van der Waals surface area (Å²) in [6.45, 7) is 2.43. The number of hydrogen-bond acceptors (Lipinski definition) is 2. The van der Waals surface area contributed by atoms with Gasteiger partial charge in [0.2, 0.25) is 5.91 Å². The smallest absolute Gasteiger partial charge is 0.224 e. The second-order valence-corrected chi connectivity index (χ2v) is 7.33. The Morgan fingerprint density at radius 3 is 2.63 bits per heavy atom. The van der Waals surface area contributed by atoms with Crippen molar-refractivity contribution >= 4 is 5.91 Å². The number of rotatable bonds is 0. The summed E-state index contributed by atoms with van der Waals surface area (Å²) >= 11 is 0. The van der Waals surface area contributed by atoms with Crippen LogP contribution < -0.4 is 0 Å². The Balaban J connectivity index is 1.66. The van der Waals surface area contributed by atoms with Crippen molar-refractivity contribution in [2.75, 3.05) is 0 Å². The third-order valence-corrected chi connectivity index (χ3v) is 6.01. The molecule has 0 unspecified atom stereocenters. The fourth-order valence-electron chi connectivity index (χ4n) is 5.42. The molecule has 0 aromatic heterocycles. The minimum Gasteiger partial charge on any atom is -0.324 e. The van der Waals surface area contributed by atoms with Gasteiger partial charge in [0, 0.05) is 24.5 Å². The fraction of sp³-hybridized carbons (Fsp3) is 0.938. The van der Waals surface area contributed by atoms with Crippen molar-refractivity contribution in [2.24, 2.45) is 5.92 Å². The third kappa shape index (κ3) is 1.84. The molecule has 3 heteroatoms. The highest BCUT2D eigenvalue weighted by atomic mass is 16.2. The Bertz CT molecular complexity index is 383. The van der Waals surface area contributed by atoms with Crippen LogP contribution in [0.3, 0.4) is 0 Å². The first kappa shape index (κ1) is 12.2. The first-order chi connectivity index (χ1) is 9.24. The summed E-state index contributed by atoms with van der Waals surface area (Å²) in [6.07, 6.45) is 11.5. The summed E-state index contributed by atoms with van der Waals surface area (Å²) in [6, 6.07) is 2.10. The van der Waals surface area contributed by atoms with E-state index in [0.29, 0.717) is 18.1 Å². The van der Waals surface area contributed by atoms with E-state index in [1.165, 1.54) is 44.9 Å².